The van der Waals surface area contributed by atoms with Crippen LogP contribution in [0.2, 0.25) is 0 Å². The van der Waals surface area contributed by atoms with Gasteiger partial charge in [-0.2, -0.15) is 0 Å². The second-order valence-electron chi connectivity index (χ2n) is 5.48. The Balaban J connectivity index is 2.60. The van der Waals surface area contributed by atoms with Gasteiger partial charge in [-0.1, -0.05) is 0 Å². The van der Waals surface area contributed by atoms with E-state index in [1.165, 1.54) is 11.8 Å². The van der Waals surface area contributed by atoms with Crippen molar-refractivity contribution in [1.29, 1.82) is 0 Å². The molecule has 0 radical (unpaired) electrons. The van der Waals surface area contributed by atoms with Gasteiger partial charge >= 0.3 is 6.09 Å². The third-order valence-corrected chi connectivity index (χ3v) is 2.52. The zero-order chi connectivity index (χ0) is 12.6. The Kier molecular flexibility index (Phi) is 3.47. The summed E-state index contributed by atoms with van der Waals surface area (Å²) in [5.41, 5.74) is -2.34. The minimum absolute atomic E-state index is 0.122. The molecule has 1 amide bonds. The van der Waals surface area contributed by atoms with Crippen LogP contribution < -0.4 is 0 Å². The number of hydrogen-bond donors (Lipinski definition) is 1. The van der Waals surface area contributed by atoms with Crippen LogP contribution in [0.15, 0.2) is 0 Å². The van der Waals surface area contributed by atoms with E-state index in [0.717, 1.165) is 0 Å². The highest BCUT2D eigenvalue weighted by Crippen LogP contribution is 2.26. The first-order valence-corrected chi connectivity index (χ1v) is 5.47. The number of ether oxygens (including phenoxy) is 1. The number of hydrogen-bond acceptors (Lipinski definition) is 3. The van der Waals surface area contributed by atoms with E-state index in [0.29, 0.717) is 6.54 Å². The second kappa shape index (κ2) is 4.20. The number of likely N-dealkylation sites (tertiary alicyclic amines) is 1. The standard InChI is InChI=1S/C11H20FNO3/c1-10(2,3)16-9(15)13-6-5-8(14)11(4,12)7-13/h8,14H,5-7H2,1-4H3/t8-,11-/m1/s1. The predicted octanol–water partition coefficient (Wildman–Crippen LogP) is 1.72. The third kappa shape index (κ3) is 3.33. The van der Waals surface area contributed by atoms with Crippen LogP contribution in [-0.4, -0.2) is 46.6 Å². The van der Waals surface area contributed by atoms with E-state index < -0.39 is 23.5 Å². The van der Waals surface area contributed by atoms with Crippen molar-refractivity contribution in [2.45, 2.75) is 51.5 Å². The lowest BCUT2D eigenvalue weighted by Crippen LogP contribution is -2.54. The van der Waals surface area contributed by atoms with Gasteiger partial charge in [0, 0.05) is 6.54 Å². The maximum Gasteiger partial charge on any atom is 0.410 e. The Labute approximate surface area is 95.4 Å². The number of aliphatic hydroxyl groups is 1. The van der Waals surface area contributed by atoms with Crippen LogP contribution in [0.25, 0.3) is 0 Å². The molecule has 0 aliphatic carbocycles. The van der Waals surface area contributed by atoms with Crippen molar-refractivity contribution in [3.63, 3.8) is 0 Å². The fraction of sp³-hybridized carbons (Fsp3) is 0.909. The molecule has 0 aromatic rings. The van der Waals surface area contributed by atoms with Crippen LogP contribution in [0.5, 0.6) is 0 Å². The average molecular weight is 233 g/mol. The summed E-state index contributed by atoms with van der Waals surface area (Å²) < 4.78 is 19.0. The maximum atomic E-state index is 13.8. The lowest BCUT2D eigenvalue weighted by molar-refractivity contribution is -0.0623. The second-order valence-corrected chi connectivity index (χ2v) is 5.48. The van der Waals surface area contributed by atoms with Crippen molar-refractivity contribution in [2.75, 3.05) is 13.1 Å². The molecular weight excluding hydrogens is 213 g/mol. The summed E-state index contributed by atoms with van der Waals surface area (Å²) in [6.45, 7) is 6.79. The van der Waals surface area contributed by atoms with E-state index >= 15 is 0 Å². The molecule has 2 atom stereocenters. The van der Waals surface area contributed by atoms with Gasteiger partial charge in [-0.25, -0.2) is 9.18 Å². The molecule has 1 saturated heterocycles. The van der Waals surface area contributed by atoms with Gasteiger partial charge in [0.05, 0.1) is 12.6 Å². The topological polar surface area (TPSA) is 49.8 Å². The molecule has 1 rings (SSSR count). The van der Waals surface area contributed by atoms with Crippen LogP contribution in [0.3, 0.4) is 0 Å². The molecule has 0 bridgehead atoms. The molecule has 1 aliphatic rings. The zero-order valence-corrected chi connectivity index (χ0v) is 10.3. The minimum atomic E-state index is -1.75. The maximum absolute atomic E-state index is 13.8. The summed E-state index contributed by atoms with van der Waals surface area (Å²) in [6, 6.07) is 0. The van der Waals surface area contributed by atoms with Gasteiger partial charge < -0.3 is 14.7 Å². The summed E-state index contributed by atoms with van der Waals surface area (Å²) in [7, 11) is 0. The summed E-state index contributed by atoms with van der Waals surface area (Å²) >= 11 is 0. The Morgan fingerprint density at radius 1 is 1.56 bits per heavy atom. The fourth-order valence-corrected chi connectivity index (χ4v) is 1.62. The summed E-state index contributed by atoms with van der Waals surface area (Å²) in [4.78, 5) is 13.0. The Hall–Kier alpha value is -0.840. The lowest BCUT2D eigenvalue weighted by Gasteiger charge is -2.39. The molecular formula is C11H20FNO3. The first-order valence-electron chi connectivity index (χ1n) is 5.47. The molecule has 1 heterocycles. The number of alkyl halides is 1. The quantitative estimate of drug-likeness (QED) is 0.693. The van der Waals surface area contributed by atoms with E-state index in [1.54, 1.807) is 20.8 Å². The Morgan fingerprint density at radius 3 is 2.56 bits per heavy atom. The van der Waals surface area contributed by atoms with Crippen molar-refractivity contribution < 1.29 is 19.0 Å². The lowest BCUT2D eigenvalue weighted by atomic mass is 9.94. The number of halogens is 1. The normalized spacial score (nSPS) is 31.4. The van der Waals surface area contributed by atoms with Gasteiger partial charge in [0.1, 0.15) is 5.60 Å². The van der Waals surface area contributed by atoms with Crippen LogP contribution in [0.1, 0.15) is 34.1 Å². The van der Waals surface area contributed by atoms with Crippen LogP contribution in [-0.2, 0) is 4.74 Å². The Bertz CT molecular complexity index is 273. The predicted molar refractivity (Wildman–Crippen MR) is 57.9 cm³/mol. The van der Waals surface area contributed by atoms with E-state index in [1.807, 2.05) is 0 Å². The first-order chi connectivity index (χ1) is 7.12. The average Bonchev–Trinajstić information content (AvgIpc) is 2.06. The molecule has 1 fully saturated rings. The summed E-state index contributed by atoms with van der Waals surface area (Å²) in [5.74, 6) is 0. The molecule has 4 nitrogen and oxygen atoms in total. The largest absolute Gasteiger partial charge is 0.444 e. The van der Waals surface area contributed by atoms with E-state index in [2.05, 4.69) is 0 Å². The molecule has 0 unspecified atom stereocenters. The molecule has 0 spiro atoms. The molecule has 0 saturated carbocycles. The van der Waals surface area contributed by atoms with Crippen LogP contribution in [0, 0.1) is 0 Å². The van der Waals surface area contributed by atoms with Gasteiger partial charge in [0.2, 0.25) is 0 Å². The molecule has 0 aromatic heterocycles. The number of amides is 1. The van der Waals surface area contributed by atoms with E-state index in [4.69, 9.17) is 4.74 Å². The SMILES string of the molecule is CC(C)(C)OC(=O)N1CC[C@@H](O)[C@](C)(F)C1. The van der Waals surface area contributed by atoms with Crippen LogP contribution >= 0.6 is 0 Å². The highest BCUT2D eigenvalue weighted by molar-refractivity contribution is 5.68. The summed E-state index contributed by atoms with van der Waals surface area (Å²) in [6.07, 6.45) is -1.29. The Morgan fingerprint density at radius 2 is 2.12 bits per heavy atom. The first kappa shape index (κ1) is 13.2. The van der Waals surface area contributed by atoms with Gasteiger partial charge in [0.15, 0.2) is 5.67 Å². The molecule has 1 aliphatic heterocycles. The number of piperidine rings is 1. The molecule has 94 valence electrons. The fourth-order valence-electron chi connectivity index (χ4n) is 1.62. The number of rotatable bonds is 0. The number of aliphatic hydroxyl groups excluding tert-OH is 1. The monoisotopic (exact) mass is 233 g/mol. The van der Waals surface area contributed by atoms with Crippen LogP contribution in [0.4, 0.5) is 9.18 Å². The summed E-state index contributed by atoms with van der Waals surface area (Å²) in [5, 5.41) is 9.42. The van der Waals surface area contributed by atoms with E-state index in [9.17, 15) is 14.3 Å². The van der Waals surface area contributed by atoms with Crippen molar-refractivity contribution in [3.8, 4) is 0 Å². The number of carbonyl (C=O) groups excluding carboxylic acids is 1. The van der Waals surface area contributed by atoms with E-state index in [-0.39, 0.29) is 13.0 Å². The minimum Gasteiger partial charge on any atom is -0.444 e. The number of nitrogens with zero attached hydrogens (tertiary/aromatic N) is 1. The highest BCUT2D eigenvalue weighted by atomic mass is 19.1. The van der Waals surface area contributed by atoms with Gasteiger partial charge in [-0.15, -0.1) is 0 Å². The smallest absolute Gasteiger partial charge is 0.410 e. The number of carbonyl (C=O) groups is 1. The highest BCUT2D eigenvalue weighted by Gasteiger charge is 2.41. The third-order valence-electron chi connectivity index (χ3n) is 2.52. The zero-order valence-electron chi connectivity index (χ0n) is 10.3. The van der Waals surface area contributed by atoms with Gasteiger partial charge in [-0.05, 0) is 34.1 Å². The van der Waals surface area contributed by atoms with Crippen molar-refractivity contribution in [1.82, 2.24) is 4.90 Å². The molecule has 0 aromatic carbocycles. The van der Waals surface area contributed by atoms with Gasteiger partial charge in [0.25, 0.3) is 0 Å². The van der Waals surface area contributed by atoms with Gasteiger partial charge in [-0.3, -0.25) is 0 Å². The van der Waals surface area contributed by atoms with Crippen molar-refractivity contribution in [2.24, 2.45) is 0 Å². The van der Waals surface area contributed by atoms with Crippen molar-refractivity contribution in [3.05, 3.63) is 0 Å². The molecule has 1 N–H and O–H groups in total. The van der Waals surface area contributed by atoms with Crippen molar-refractivity contribution >= 4 is 6.09 Å². The molecule has 16 heavy (non-hydrogen) atoms. The molecule has 5 heteroatoms.